The zero-order valence-electron chi connectivity index (χ0n) is 9.61. The molecule has 0 aromatic rings. The number of amides is 1. The van der Waals surface area contributed by atoms with Gasteiger partial charge in [-0.05, 0) is 5.92 Å². The number of carbonyl (C=O) groups is 1. The number of carbonyl (C=O) groups excluding carboxylic acids is 1. The Labute approximate surface area is 91.2 Å². The Morgan fingerprint density at radius 2 is 2.40 bits per heavy atom. The van der Waals surface area contributed by atoms with Crippen molar-refractivity contribution in [1.29, 1.82) is 0 Å². The minimum Gasteiger partial charge on any atom is -0.394 e. The van der Waals surface area contributed by atoms with Crippen LogP contribution in [0.3, 0.4) is 0 Å². The number of hydrogen-bond acceptors (Lipinski definition) is 3. The highest BCUT2D eigenvalue weighted by atomic mass is 16.5. The van der Waals surface area contributed by atoms with Crippen LogP contribution >= 0.6 is 0 Å². The van der Waals surface area contributed by atoms with E-state index in [1.54, 1.807) is 4.90 Å². The molecule has 4 heteroatoms. The third-order valence-corrected chi connectivity index (χ3v) is 2.98. The first-order chi connectivity index (χ1) is 7.19. The average molecular weight is 215 g/mol. The van der Waals surface area contributed by atoms with Crippen LogP contribution in [0, 0.1) is 5.92 Å². The van der Waals surface area contributed by atoms with Crippen molar-refractivity contribution in [2.45, 2.75) is 32.7 Å². The maximum Gasteiger partial charge on any atom is 0.223 e. The molecule has 1 aliphatic rings. The Hall–Kier alpha value is -0.610. The second-order valence-corrected chi connectivity index (χ2v) is 4.22. The fourth-order valence-corrected chi connectivity index (χ4v) is 1.69. The largest absolute Gasteiger partial charge is 0.394 e. The van der Waals surface area contributed by atoms with E-state index in [-0.39, 0.29) is 18.6 Å². The molecule has 1 rings (SSSR count). The van der Waals surface area contributed by atoms with Gasteiger partial charge in [-0.25, -0.2) is 0 Å². The number of aliphatic hydroxyl groups is 1. The Morgan fingerprint density at radius 1 is 1.67 bits per heavy atom. The van der Waals surface area contributed by atoms with Crippen molar-refractivity contribution in [2.24, 2.45) is 5.92 Å². The third kappa shape index (κ3) is 3.47. The van der Waals surface area contributed by atoms with Crippen LogP contribution in [0.25, 0.3) is 0 Å². The molecule has 1 heterocycles. The topological polar surface area (TPSA) is 49.8 Å². The van der Waals surface area contributed by atoms with Crippen LogP contribution < -0.4 is 0 Å². The number of morpholine rings is 1. The minimum absolute atomic E-state index is 0.00769. The molecule has 1 fully saturated rings. The van der Waals surface area contributed by atoms with Crippen molar-refractivity contribution in [1.82, 2.24) is 4.90 Å². The molecule has 1 saturated heterocycles. The van der Waals surface area contributed by atoms with Crippen LogP contribution in [-0.4, -0.2) is 48.3 Å². The molecule has 4 nitrogen and oxygen atoms in total. The summed E-state index contributed by atoms with van der Waals surface area (Å²) in [6.45, 7) is 5.81. The smallest absolute Gasteiger partial charge is 0.223 e. The van der Waals surface area contributed by atoms with Crippen molar-refractivity contribution < 1.29 is 14.6 Å². The lowest BCUT2D eigenvalue weighted by Gasteiger charge is -2.35. The van der Waals surface area contributed by atoms with Gasteiger partial charge in [0.05, 0.1) is 25.9 Å². The molecular formula is C11H21NO3. The van der Waals surface area contributed by atoms with Gasteiger partial charge in [-0.15, -0.1) is 0 Å². The van der Waals surface area contributed by atoms with Crippen LogP contribution in [0.2, 0.25) is 0 Å². The summed E-state index contributed by atoms with van der Waals surface area (Å²) in [7, 11) is 0. The molecular weight excluding hydrogens is 194 g/mol. The van der Waals surface area contributed by atoms with Crippen LogP contribution in [0.4, 0.5) is 0 Å². The van der Waals surface area contributed by atoms with E-state index in [4.69, 9.17) is 9.84 Å². The second kappa shape index (κ2) is 6.08. The van der Waals surface area contributed by atoms with Crippen molar-refractivity contribution in [3.05, 3.63) is 0 Å². The fourth-order valence-electron chi connectivity index (χ4n) is 1.69. The maximum absolute atomic E-state index is 11.9. The quantitative estimate of drug-likeness (QED) is 0.749. The number of hydrogen-bond donors (Lipinski definition) is 1. The lowest BCUT2D eigenvalue weighted by Crippen LogP contribution is -2.50. The molecule has 0 aromatic carbocycles. The van der Waals surface area contributed by atoms with E-state index in [1.165, 1.54) is 0 Å². The van der Waals surface area contributed by atoms with Gasteiger partial charge in [0.15, 0.2) is 0 Å². The molecule has 0 radical (unpaired) electrons. The molecule has 1 amide bonds. The molecule has 1 N–H and O–H groups in total. The lowest BCUT2D eigenvalue weighted by atomic mass is 10.0. The van der Waals surface area contributed by atoms with Gasteiger partial charge in [-0.3, -0.25) is 4.79 Å². The summed E-state index contributed by atoms with van der Waals surface area (Å²) in [6.07, 6.45) is 1.59. The van der Waals surface area contributed by atoms with Gasteiger partial charge in [0.2, 0.25) is 5.91 Å². The predicted octanol–water partition coefficient (Wildman–Crippen LogP) is 0.642. The summed E-state index contributed by atoms with van der Waals surface area (Å²) in [5, 5.41) is 9.13. The van der Waals surface area contributed by atoms with E-state index in [0.29, 0.717) is 32.1 Å². The lowest BCUT2D eigenvalue weighted by molar-refractivity contribution is -0.142. The number of aliphatic hydroxyl groups excluding tert-OH is 1. The van der Waals surface area contributed by atoms with Gasteiger partial charge in [0.1, 0.15) is 0 Å². The van der Waals surface area contributed by atoms with Crippen LogP contribution in [0.15, 0.2) is 0 Å². The minimum atomic E-state index is -0.143. The van der Waals surface area contributed by atoms with Gasteiger partial charge < -0.3 is 14.7 Å². The van der Waals surface area contributed by atoms with E-state index in [1.807, 2.05) is 0 Å². The number of nitrogens with zero attached hydrogens (tertiary/aromatic N) is 1. The van der Waals surface area contributed by atoms with E-state index in [9.17, 15) is 4.79 Å². The second-order valence-electron chi connectivity index (χ2n) is 4.22. The first-order valence-electron chi connectivity index (χ1n) is 5.67. The van der Waals surface area contributed by atoms with Gasteiger partial charge in [0.25, 0.3) is 0 Å². The normalized spacial score (nSPS) is 23.9. The zero-order chi connectivity index (χ0) is 11.3. The maximum atomic E-state index is 11.9. The van der Waals surface area contributed by atoms with Crippen LogP contribution in [-0.2, 0) is 9.53 Å². The molecule has 1 aliphatic heterocycles. The summed E-state index contributed by atoms with van der Waals surface area (Å²) in [5.41, 5.74) is 0. The third-order valence-electron chi connectivity index (χ3n) is 2.98. The predicted molar refractivity (Wildman–Crippen MR) is 57.5 cm³/mol. The Kier molecular flexibility index (Phi) is 5.05. The summed E-state index contributed by atoms with van der Waals surface area (Å²) < 4.78 is 5.23. The van der Waals surface area contributed by atoms with Gasteiger partial charge in [-0.2, -0.15) is 0 Å². The van der Waals surface area contributed by atoms with Gasteiger partial charge in [0, 0.05) is 13.0 Å². The van der Waals surface area contributed by atoms with Gasteiger partial charge >= 0.3 is 0 Å². The van der Waals surface area contributed by atoms with Crippen LogP contribution in [0.5, 0.6) is 0 Å². The Morgan fingerprint density at radius 3 is 3.00 bits per heavy atom. The highest BCUT2D eigenvalue weighted by Crippen LogP contribution is 2.13. The summed E-state index contributed by atoms with van der Waals surface area (Å²) >= 11 is 0. The number of ether oxygens (including phenoxy) is 1. The van der Waals surface area contributed by atoms with Crippen molar-refractivity contribution in [3.8, 4) is 0 Å². The molecule has 0 bridgehead atoms. The SMILES string of the molecule is CCC(C)CC(=O)N1CCOCC1CO. The molecule has 15 heavy (non-hydrogen) atoms. The zero-order valence-corrected chi connectivity index (χ0v) is 9.61. The van der Waals surface area contributed by atoms with Crippen molar-refractivity contribution in [2.75, 3.05) is 26.4 Å². The highest BCUT2D eigenvalue weighted by Gasteiger charge is 2.26. The van der Waals surface area contributed by atoms with E-state index >= 15 is 0 Å². The van der Waals surface area contributed by atoms with Gasteiger partial charge in [-0.1, -0.05) is 20.3 Å². The molecule has 0 spiro atoms. The summed E-state index contributed by atoms with van der Waals surface area (Å²) in [5.74, 6) is 0.561. The van der Waals surface area contributed by atoms with Crippen LogP contribution in [0.1, 0.15) is 26.7 Å². The highest BCUT2D eigenvalue weighted by molar-refractivity contribution is 5.76. The first-order valence-corrected chi connectivity index (χ1v) is 5.67. The molecule has 2 unspecified atom stereocenters. The first kappa shape index (κ1) is 12.5. The fraction of sp³-hybridized carbons (Fsp3) is 0.909. The molecule has 0 aliphatic carbocycles. The average Bonchev–Trinajstić information content (AvgIpc) is 2.28. The molecule has 2 atom stereocenters. The van der Waals surface area contributed by atoms with E-state index < -0.39 is 0 Å². The van der Waals surface area contributed by atoms with E-state index in [2.05, 4.69) is 13.8 Å². The number of rotatable bonds is 4. The molecule has 88 valence electrons. The Bertz CT molecular complexity index is 208. The van der Waals surface area contributed by atoms with E-state index in [0.717, 1.165) is 6.42 Å². The summed E-state index contributed by atoms with van der Waals surface area (Å²) in [4.78, 5) is 13.7. The Balaban J connectivity index is 2.48. The monoisotopic (exact) mass is 215 g/mol. The summed E-state index contributed by atoms with van der Waals surface area (Å²) in [6, 6.07) is -0.143. The standard InChI is InChI=1S/C11H21NO3/c1-3-9(2)6-11(14)12-4-5-15-8-10(12)7-13/h9-10,13H,3-8H2,1-2H3. The molecule has 0 saturated carbocycles. The molecule has 0 aromatic heterocycles. The van der Waals surface area contributed by atoms with Crippen molar-refractivity contribution >= 4 is 5.91 Å². The van der Waals surface area contributed by atoms with Crippen molar-refractivity contribution in [3.63, 3.8) is 0 Å².